The fourth-order valence-corrected chi connectivity index (χ4v) is 5.90. The van der Waals surface area contributed by atoms with E-state index in [4.69, 9.17) is 18.4 Å². The van der Waals surface area contributed by atoms with Gasteiger partial charge < -0.3 is 5.73 Å². The first-order valence-corrected chi connectivity index (χ1v) is 13.2. The normalized spacial score (nSPS) is 17.1. The van der Waals surface area contributed by atoms with Crippen molar-refractivity contribution < 1.29 is 4.58 Å². The molecule has 0 fully saturated rings. The zero-order valence-electron chi connectivity index (χ0n) is 21.0. The van der Waals surface area contributed by atoms with E-state index in [2.05, 4.69) is 106 Å². The summed E-state index contributed by atoms with van der Waals surface area (Å²) in [6, 6.07) is 18.8. The molecule has 0 aromatic heterocycles. The highest BCUT2D eigenvalue weighted by molar-refractivity contribution is 8.14. The van der Waals surface area contributed by atoms with Gasteiger partial charge in [0, 0.05) is 23.9 Å². The highest BCUT2D eigenvalue weighted by Crippen LogP contribution is 2.33. The number of allylic oxidation sites excluding steroid dienone is 6. The number of anilines is 1. The van der Waals surface area contributed by atoms with E-state index in [0.717, 1.165) is 23.4 Å². The van der Waals surface area contributed by atoms with E-state index in [0.29, 0.717) is 5.92 Å². The minimum Gasteiger partial charge on any atom is -0.399 e. The molecular weight excluding hydrogens is 452 g/mol. The van der Waals surface area contributed by atoms with E-state index < -0.39 is 0 Å². The SMILES string of the molecule is CC(S)=C(c1ccc(N)cc1)C(C)SC(C)=[N+](C)C1=CCC=C(CC(C)c2ccccc2)C=C1. The maximum atomic E-state index is 5.89. The fraction of sp³-hybridized carbons (Fsp3) is 0.300. The molecule has 0 spiro atoms. The maximum Gasteiger partial charge on any atom is 0.213 e. The smallest absolute Gasteiger partial charge is 0.213 e. The van der Waals surface area contributed by atoms with Crippen LogP contribution in [0.3, 0.4) is 0 Å². The summed E-state index contributed by atoms with van der Waals surface area (Å²) in [5, 5.41) is 1.52. The van der Waals surface area contributed by atoms with Gasteiger partial charge in [-0.15, -0.1) is 12.6 Å². The molecule has 0 radical (unpaired) electrons. The molecular formula is C30H37N2S2+. The molecule has 0 heterocycles. The first kappa shape index (κ1) is 26.2. The summed E-state index contributed by atoms with van der Waals surface area (Å²) in [6.45, 7) is 8.81. The zero-order valence-corrected chi connectivity index (χ0v) is 22.7. The van der Waals surface area contributed by atoms with Gasteiger partial charge in [0.1, 0.15) is 7.05 Å². The van der Waals surface area contributed by atoms with Crippen molar-refractivity contribution in [2.75, 3.05) is 12.8 Å². The highest BCUT2D eigenvalue weighted by atomic mass is 32.2. The predicted octanol–water partition coefficient (Wildman–Crippen LogP) is 8.08. The van der Waals surface area contributed by atoms with E-state index in [1.54, 1.807) is 0 Å². The van der Waals surface area contributed by atoms with Crippen molar-refractivity contribution in [1.82, 2.24) is 0 Å². The molecule has 1 aliphatic carbocycles. The van der Waals surface area contributed by atoms with Gasteiger partial charge >= 0.3 is 0 Å². The van der Waals surface area contributed by atoms with Crippen molar-refractivity contribution in [1.29, 1.82) is 0 Å². The van der Waals surface area contributed by atoms with Crippen LogP contribution >= 0.6 is 24.4 Å². The van der Waals surface area contributed by atoms with Gasteiger partial charge in [-0.25, -0.2) is 0 Å². The second-order valence-electron chi connectivity index (χ2n) is 8.95. The van der Waals surface area contributed by atoms with Crippen LogP contribution in [0, 0.1) is 0 Å². The molecule has 4 heteroatoms. The number of rotatable bonds is 7. The Morgan fingerprint density at radius 3 is 2.32 bits per heavy atom. The Morgan fingerprint density at radius 1 is 1.00 bits per heavy atom. The van der Waals surface area contributed by atoms with Crippen LogP contribution in [0.15, 0.2) is 95.1 Å². The minimum absolute atomic E-state index is 0.263. The van der Waals surface area contributed by atoms with Gasteiger partial charge in [0.25, 0.3) is 0 Å². The molecule has 2 atom stereocenters. The molecule has 2 aromatic carbocycles. The third-order valence-corrected chi connectivity index (χ3v) is 7.76. The number of thioether (sulfide) groups is 1. The number of hydrogen-bond donors (Lipinski definition) is 2. The van der Waals surface area contributed by atoms with Crippen LogP contribution in [0.25, 0.3) is 5.57 Å². The number of benzene rings is 2. The highest BCUT2D eigenvalue weighted by Gasteiger charge is 2.20. The summed E-state index contributed by atoms with van der Waals surface area (Å²) in [7, 11) is 2.16. The van der Waals surface area contributed by atoms with Crippen LogP contribution in [-0.4, -0.2) is 21.9 Å². The second kappa shape index (κ2) is 12.3. The molecule has 34 heavy (non-hydrogen) atoms. The molecule has 0 aliphatic heterocycles. The first-order chi connectivity index (χ1) is 16.3. The van der Waals surface area contributed by atoms with Gasteiger partial charge in [-0.2, -0.15) is 4.58 Å². The van der Waals surface area contributed by atoms with Gasteiger partial charge in [-0.3, -0.25) is 0 Å². The Kier molecular flexibility index (Phi) is 9.49. The molecule has 3 rings (SSSR count). The van der Waals surface area contributed by atoms with E-state index >= 15 is 0 Å². The average molecular weight is 490 g/mol. The summed E-state index contributed by atoms with van der Waals surface area (Å²) in [5.74, 6) is 0.504. The topological polar surface area (TPSA) is 29.0 Å². The summed E-state index contributed by atoms with van der Waals surface area (Å²) < 4.78 is 2.30. The van der Waals surface area contributed by atoms with Crippen LogP contribution in [0.2, 0.25) is 0 Å². The molecule has 2 N–H and O–H groups in total. The van der Waals surface area contributed by atoms with Crippen LogP contribution in [0.5, 0.6) is 0 Å². The Labute approximate surface area is 215 Å². The maximum absolute atomic E-state index is 5.89. The number of thiol groups is 1. The van der Waals surface area contributed by atoms with E-state index in [1.807, 2.05) is 23.9 Å². The summed E-state index contributed by atoms with van der Waals surface area (Å²) >= 11 is 6.57. The molecule has 1 aliphatic rings. The monoisotopic (exact) mass is 489 g/mol. The third kappa shape index (κ3) is 7.04. The predicted molar refractivity (Wildman–Crippen MR) is 156 cm³/mol. The van der Waals surface area contributed by atoms with Gasteiger partial charge in [-0.1, -0.05) is 78.9 Å². The number of nitrogens with zero attached hydrogens (tertiary/aromatic N) is 1. The summed E-state index contributed by atoms with van der Waals surface area (Å²) in [4.78, 5) is 1.04. The molecule has 0 saturated carbocycles. The van der Waals surface area contributed by atoms with Crippen LogP contribution < -0.4 is 5.73 Å². The summed E-state index contributed by atoms with van der Waals surface area (Å²) in [6.07, 6.45) is 11.2. The molecule has 2 aromatic rings. The fourth-order valence-electron chi connectivity index (χ4n) is 4.29. The van der Waals surface area contributed by atoms with E-state index in [-0.39, 0.29) is 5.25 Å². The van der Waals surface area contributed by atoms with Crippen molar-refractivity contribution >= 4 is 40.7 Å². The molecule has 2 nitrogen and oxygen atoms in total. The number of hydrogen-bond acceptors (Lipinski definition) is 3. The molecule has 0 bridgehead atoms. The third-order valence-electron chi connectivity index (χ3n) is 6.31. The molecule has 0 amide bonds. The summed E-state index contributed by atoms with van der Waals surface area (Å²) in [5.41, 5.74) is 13.1. The largest absolute Gasteiger partial charge is 0.399 e. The Hall–Kier alpha value is -2.43. The van der Waals surface area contributed by atoms with Crippen LogP contribution in [0.1, 0.15) is 57.6 Å². The number of likely N-dealkylation sites (N-methyl/N-ethyl adjacent to an activating group) is 1. The van der Waals surface area contributed by atoms with Crippen LogP contribution in [0.4, 0.5) is 5.69 Å². The van der Waals surface area contributed by atoms with Crippen LogP contribution in [-0.2, 0) is 0 Å². The van der Waals surface area contributed by atoms with Crippen molar-refractivity contribution in [3.8, 4) is 0 Å². The molecule has 0 saturated heterocycles. The Bertz CT molecular complexity index is 1130. The Morgan fingerprint density at radius 2 is 1.68 bits per heavy atom. The van der Waals surface area contributed by atoms with E-state index in [1.165, 1.54) is 33.0 Å². The van der Waals surface area contributed by atoms with Gasteiger partial charge in [-0.05, 0) is 72.4 Å². The van der Waals surface area contributed by atoms with Gasteiger partial charge in [0.15, 0.2) is 0 Å². The van der Waals surface area contributed by atoms with Gasteiger partial charge in [0.05, 0.1) is 0 Å². The first-order valence-electron chi connectivity index (χ1n) is 11.9. The van der Waals surface area contributed by atoms with Crippen molar-refractivity contribution in [2.24, 2.45) is 0 Å². The lowest BCUT2D eigenvalue weighted by Crippen LogP contribution is -2.14. The minimum atomic E-state index is 0.263. The Balaban J connectivity index is 1.70. The quantitative estimate of drug-likeness (QED) is 0.135. The average Bonchev–Trinajstić information content (AvgIpc) is 3.05. The van der Waals surface area contributed by atoms with Gasteiger partial charge in [0.2, 0.25) is 10.7 Å². The van der Waals surface area contributed by atoms with E-state index in [9.17, 15) is 0 Å². The lowest BCUT2D eigenvalue weighted by molar-refractivity contribution is -0.435. The van der Waals surface area contributed by atoms with Crippen molar-refractivity contribution in [2.45, 2.75) is 51.7 Å². The standard InChI is InChI=1S/C30H36N2S2/c1-21(26-11-7-6-8-12-26)20-25-10-9-13-29(19-14-25)32(5)24(4)34-23(3)30(22(2)33)27-15-17-28(31)18-16-27/h6-8,10-19,21,23H,9,20,31H2,1-5H3/p+1. The van der Waals surface area contributed by atoms with Crippen molar-refractivity contribution in [3.05, 3.63) is 106 Å². The lowest BCUT2D eigenvalue weighted by atomic mass is 9.93. The zero-order chi connectivity index (χ0) is 24.7. The number of nitrogen functional groups attached to an aromatic ring is 1. The van der Waals surface area contributed by atoms with Crippen molar-refractivity contribution in [3.63, 3.8) is 0 Å². The number of nitrogens with two attached hydrogens (primary N) is 1. The molecule has 178 valence electrons. The second-order valence-corrected chi connectivity index (χ2v) is 11.2. The molecule has 2 unspecified atom stereocenters. The lowest BCUT2D eigenvalue weighted by Gasteiger charge is -2.17.